The first-order valence-corrected chi connectivity index (χ1v) is 9.57. The lowest BCUT2D eigenvalue weighted by molar-refractivity contribution is 0.102. The number of aryl methyl sites for hydroxylation is 1. The average molecular weight is 400 g/mol. The number of primary sulfonamides is 1. The van der Waals surface area contributed by atoms with Crippen molar-refractivity contribution in [3.63, 3.8) is 0 Å². The summed E-state index contributed by atoms with van der Waals surface area (Å²) in [6, 6.07) is 11.8. The second kappa shape index (κ2) is 7.25. The SMILES string of the molecule is Cc1ccc(-n2c(=O)[nH]cc(C(=O)Nc3ccc(S(N)(=O)=O)cc3)c2=O)cc1. The summed E-state index contributed by atoms with van der Waals surface area (Å²) in [5.74, 6) is -0.759. The first-order chi connectivity index (χ1) is 13.2. The Hall–Kier alpha value is -3.50. The molecule has 0 saturated carbocycles. The number of rotatable bonds is 4. The van der Waals surface area contributed by atoms with Crippen LogP contribution in [0.5, 0.6) is 0 Å². The first-order valence-electron chi connectivity index (χ1n) is 8.03. The van der Waals surface area contributed by atoms with Gasteiger partial charge in [0.2, 0.25) is 10.0 Å². The summed E-state index contributed by atoms with van der Waals surface area (Å²) in [5, 5.41) is 7.50. The summed E-state index contributed by atoms with van der Waals surface area (Å²) in [7, 11) is -3.86. The van der Waals surface area contributed by atoms with Crippen LogP contribution in [0.1, 0.15) is 15.9 Å². The lowest BCUT2D eigenvalue weighted by Crippen LogP contribution is -2.38. The van der Waals surface area contributed by atoms with E-state index in [9.17, 15) is 22.8 Å². The van der Waals surface area contributed by atoms with Crippen LogP contribution in [-0.4, -0.2) is 23.9 Å². The molecule has 0 aliphatic carbocycles. The largest absolute Gasteiger partial charge is 0.333 e. The van der Waals surface area contributed by atoms with Crippen molar-refractivity contribution >= 4 is 21.6 Å². The molecule has 3 aromatic rings. The van der Waals surface area contributed by atoms with Crippen molar-refractivity contribution in [1.29, 1.82) is 0 Å². The van der Waals surface area contributed by atoms with E-state index in [-0.39, 0.29) is 16.1 Å². The minimum absolute atomic E-state index is 0.115. The molecule has 2 aromatic carbocycles. The Balaban J connectivity index is 1.95. The van der Waals surface area contributed by atoms with Crippen LogP contribution in [0.2, 0.25) is 0 Å². The molecule has 9 nitrogen and oxygen atoms in total. The number of benzene rings is 2. The summed E-state index contributed by atoms with van der Waals surface area (Å²) in [6.07, 6.45) is 1.03. The maximum absolute atomic E-state index is 12.7. The molecule has 0 saturated heterocycles. The van der Waals surface area contributed by atoms with Crippen LogP contribution < -0.4 is 21.7 Å². The molecule has 1 aromatic heterocycles. The second-order valence-electron chi connectivity index (χ2n) is 6.01. The number of aromatic nitrogens is 2. The number of aromatic amines is 1. The smallest absolute Gasteiger partial charge is 0.322 e. The minimum atomic E-state index is -3.86. The molecule has 0 aliphatic heterocycles. The molecule has 0 fully saturated rings. The fourth-order valence-corrected chi connectivity index (χ4v) is 3.01. The molecule has 144 valence electrons. The highest BCUT2D eigenvalue weighted by Gasteiger charge is 2.16. The van der Waals surface area contributed by atoms with Gasteiger partial charge in [-0.2, -0.15) is 0 Å². The van der Waals surface area contributed by atoms with Gasteiger partial charge in [0, 0.05) is 11.9 Å². The van der Waals surface area contributed by atoms with Gasteiger partial charge in [0.15, 0.2) is 0 Å². The summed E-state index contributed by atoms with van der Waals surface area (Å²) in [4.78, 5) is 39.5. The van der Waals surface area contributed by atoms with Crippen LogP contribution >= 0.6 is 0 Å². The number of nitrogens with two attached hydrogens (primary N) is 1. The summed E-state index contributed by atoms with van der Waals surface area (Å²) in [6.45, 7) is 1.86. The van der Waals surface area contributed by atoms with Gasteiger partial charge in [0.25, 0.3) is 11.5 Å². The van der Waals surface area contributed by atoms with Crippen LogP contribution in [0.25, 0.3) is 5.69 Å². The Morgan fingerprint density at radius 2 is 1.64 bits per heavy atom. The third-order valence-electron chi connectivity index (χ3n) is 3.95. The van der Waals surface area contributed by atoms with E-state index in [1.54, 1.807) is 24.3 Å². The Bertz CT molecular complexity index is 1260. The Kier molecular flexibility index (Phi) is 4.99. The molecule has 0 radical (unpaired) electrons. The third kappa shape index (κ3) is 3.92. The summed E-state index contributed by atoms with van der Waals surface area (Å²) in [5.41, 5.74) is -0.219. The lowest BCUT2D eigenvalue weighted by Gasteiger charge is -2.09. The molecule has 1 amide bonds. The van der Waals surface area contributed by atoms with E-state index in [1.807, 2.05) is 6.92 Å². The number of hydrogen-bond donors (Lipinski definition) is 3. The molecule has 10 heteroatoms. The van der Waals surface area contributed by atoms with Gasteiger partial charge in [-0.25, -0.2) is 22.9 Å². The van der Waals surface area contributed by atoms with E-state index < -0.39 is 27.2 Å². The minimum Gasteiger partial charge on any atom is -0.322 e. The molecule has 1 heterocycles. The second-order valence-corrected chi connectivity index (χ2v) is 7.57. The molecule has 28 heavy (non-hydrogen) atoms. The summed E-state index contributed by atoms with van der Waals surface area (Å²) < 4.78 is 23.4. The molecule has 0 spiro atoms. The quantitative estimate of drug-likeness (QED) is 0.591. The first kappa shape index (κ1) is 19.3. The highest BCUT2D eigenvalue weighted by atomic mass is 32.2. The fraction of sp³-hybridized carbons (Fsp3) is 0.0556. The molecule has 3 rings (SSSR count). The molecule has 0 unspecified atom stereocenters. The van der Waals surface area contributed by atoms with Crippen molar-refractivity contribution < 1.29 is 13.2 Å². The van der Waals surface area contributed by atoms with Crippen molar-refractivity contribution in [1.82, 2.24) is 9.55 Å². The van der Waals surface area contributed by atoms with E-state index in [1.165, 1.54) is 24.3 Å². The highest BCUT2D eigenvalue weighted by molar-refractivity contribution is 7.89. The highest BCUT2D eigenvalue weighted by Crippen LogP contribution is 2.13. The van der Waals surface area contributed by atoms with E-state index >= 15 is 0 Å². The van der Waals surface area contributed by atoms with Crippen molar-refractivity contribution in [3.8, 4) is 5.69 Å². The van der Waals surface area contributed by atoms with Gasteiger partial charge < -0.3 is 10.3 Å². The Labute approximate surface area is 159 Å². The van der Waals surface area contributed by atoms with Gasteiger partial charge in [0.1, 0.15) is 5.56 Å². The lowest BCUT2D eigenvalue weighted by atomic mass is 10.2. The standard InChI is InChI=1S/C18H16N4O5S/c1-11-2-6-13(7-3-11)22-17(24)15(10-20-18(22)25)16(23)21-12-4-8-14(9-5-12)28(19,26)27/h2-10H,1H3,(H,20,25)(H,21,23)(H2,19,26,27). The van der Waals surface area contributed by atoms with Crippen molar-refractivity contribution in [2.24, 2.45) is 5.14 Å². The topological polar surface area (TPSA) is 144 Å². The van der Waals surface area contributed by atoms with Gasteiger partial charge in [-0.05, 0) is 43.3 Å². The van der Waals surface area contributed by atoms with Gasteiger partial charge in [-0.1, -0.05) is 17.7 Å². The maximum Gasteiger partial charge on any atom is 0.333 e. The van der Waals surface area contributed by atoms with Crippen LogP contribution in [0, 0.1) is 6.92 Å². The van der Waals surface area contributed by atoms with Crippen molar-refractivity contribution in [2.45, 2.75) is 11.8 Å². The van der Waals surface area contributed by atoms with Crippen LogP contribution in [-0.2, 0) is 10.0 Å². The molecule has 0 aliphatic rings. The number of hydrogen-bond acceptors (Lipinski definition) is 5. The van der Waals surface area contributed by atoms with Crippen LogP contribution in [0.4, 0.5) is 5.69 Å². The number of nitrogens with one attached hydrogen (secondary N) is 2. The van der Waals surface area contributed by atoms with E-state index in [0.717, 1.165) is 16.3 Å². The number of amides is 1. The zero-order valence-electron chi connectivity index (χ0n) is 14.7. The van der Waals surface area contributed by atoms with Gasteiger partial charge in [-0.3, -0.25) is 9.59 Å². The number of H-pyrrole nitrogens is 1. The van der Waals surface area contributed by atoms with Crippen molar-refractivity contribution in [3.05, 3.63) is 86.7 Å². The predicted molar refractivity (Wildman–Crippen MR) is 103 cm³/mol. The van der Waals surface area contributed by atoms with Gasteiger partial charge >= 0.3 is 5.69 Å². The molecule has 4 N–H and O–H groups in total. The van der Waals surface area contributed by atoms with Crippen LogP contribution in [0.15, 0.2) is 69.2 Å². The van der Waals surface area contributed by atoms with E-state index in [2.05, 4.69) is 10.3 Å². The predicted octanol–water partition coefficient (Wildman–Crippen LogP) is 0.734. The molecular formula is C18H16N4O5S. The number of sulfonamides is 1. The Morgan fingerprint density at radius 1 is 1.04 bits per heavy atom. The number of nitrogens with zero attached hydrogens (tertiary/aromatic N) is 1. The maximum atomic E-state index is 12.7. The molecular weight excluding hydrogens is 384 g/mol. The van der Waals surface area contributed by atoms with Crippen molar-refractivity contribution in [2.75, 3.05) is 5.32 Å². The normalized spacial score (nSPS) is 11.2. The van der Waals surface area contributed by atoms with Gasteiger partial charge in [-0.15, -0.1) is 0 Å². The van der Waals surface area contributed by atoms with Crippen LogP contribution in [0.3, 0.4) is 0 Å². The Morgan fingerprint density at radius 3 is 2.21 bits per heavy atom. The molecule has 0 bridgehead atoms. The zero-order chi connectivity index (χ0) is 20.5. The van der Waals surface area contributed by atoms with Gasteiger partial charge in [0.05, 0.1) is 10.6 Å². The monoisotopic (exact) mass is 400 g/mol. The summed E-state index contributed by atoms with van der Waals surface area (Å²) >= 11 is 0. The number of anilines is 1. The molecule has 0 atom stereocenters. The third-order valence-corrected chi connectivity index (χ3v) is 4.88. The number of carbonyl (C=O) groups excluding carboxylic acids is 1. The van der Waals surface area contributed by atoms with E-state index in [4.69, 9.17) is 5.14 Å². The van der Waals surface area contributed by atoms with E-state index in [0.29, 0.717) is 5.69 Å². The zero-order valence-corrected chi connectivity index (χ0v) is 15.5. The average Bonchev–Trinajstić information content (AvgIpc) is 2.63. The fourth-order valence-electron chi connectivity index (χ4n) is 2.49. The number of carbonyl (C=O) groups is 1.